The summed E-state index contributed by atoms with van der Waals surface area (Å²) >= 11 is 0.328. The van der Waals surface area contributed by atoms with Gasteiger partial charge in [-0.15, -0.1) is 0 Å². The van der Waals surface area contributed by atoms with Crippen LogP contribution in [-0.2, 0) is 12.8 Å². The fraction of sp³-hybridized carbons (Fsp3) is 0.400. The molecule has 0 aliphatic heterocycles. The molecule has 3 N–H and O–H groups in total. The lowest BCUT2D eigenvalue weighted by molar-refractivity contribution is -0.135. The van der Waals surface area contributed by atoms with Gasteiger partial charge in [-0.1, -0.05) is 11.3 Å². The lowest BCUT2D eigenvalue weighted by atomic mass is 10.4. The standard InChI is InChI=1S/C5H5F3N2OS/c6-5(7,8)3-2(1-11)10-4(9)12-3/h11H,1H2,(H2,9,10). The highest BCUT2D eigenvalue weighted by Gasteiger charge is 2.36. The van der Waals surface area contributed by atoms with Gasteiger partial charge in [-0.2, -0.15) is 13.2 Å². The molecule has 0 radical (unpaired) electrons. The van der Waals surface area contributed by atoms with Gasteiger partial charge in [0, 0.05) is 0 Å². The number of halogens is 3. The average Bonchev–Trinajstić information content (AvgIpc) is 2.29. The number of aliphatic hydroxyl groups is 1. The Morgan fingerprint density at radius 2 is 2.08 bits per heavy atom. The van der Waals surface area contributed by atoms with Gasteiger partial charge in [0.05, 0.1) is 12.3 Å². The quantitative estimate of drug-likeness (QED) is 0.713. The van der Waals surface area contributed by atoms with E-state index in [1.807, 2.05) is 0 Å². The first kappa shape index (κ1) is 9.27. The van der Waals surface area contributed by atoms with Crippen molar-refractivity contribution in [1.82, 2.24) is 4.98 Å². The SMILES string of the molecule is Nc1nc(CO)c(C(F)(F)F)s1. The van der Waals surface area contributed by atoms with Gasteiger partial charge < -0.3 is 10.8 Å². The first-order chi connectivity index (χ1) is 5.45. The van der Waals surface area contributed by atoms with Crippen molar-refractivity contribution >= 4 is 16.5 Å². The van der Waals surface area contributed by atoms with Crippen molar-refractivity contribution in [2.75, 3.05) is 5.73 Å². The Hall–Kier alpha value is -0.820. The lowest BCUT2D eigenvalue weighted by Gasteiger charge is -2.02. The van der Waals surface area contributed by atoms with Gasteiger partial charge in [0.25, 0.3) is 0 Å². The maximum absolute atomic E-state index is 12.1. The molecule has 7 heteroatoms. The Balaban J connectivity index is 3.13. The summed E-state index contributed by atoms with van der Waals surface area (Å²) in [6.07, 6.45) is -4.48. The van der Waals surface area contributed by atoms with Gasteiger partial charge >= 0.3 is 6.18 Å². The Kier molecular flexibility index (Phi) is 2.25. The van der Waals surface area contributed by atoms with Crippen LogP contribution in [0.25, 0.3) is 0 Å². The van der Waals surface area contributed by atoms with Crippen molar-refractivity contribution in [2.24, 2.45) is 0 Å². The van der Waals surface area contributed by atoms with Crippen LogP contribution in [0.1, 0.15) is 10.6 Å². The predicted octanol–water partition coefficient (Wildman–Crippen LogP) is 1.24. The molecule has 3 nitrogen and oxygen atoms in total. The minimum Gasteiger partial charge on any atom is -0.390 e. The summed E-state index contributed by atoms with van der Waals surface area (Å²) in [4.78, 5) is 2.39. The van der Waals surface area contributed by atoms with Crippen molar-refractivity contribution < 1.29 is 18.3 Å². The monoisotopic (exact) mass is 198 g/mol. The van der Waals surface area contributed by atoms with Crippen molar-refractivity contribution in [2.45, 2.75) is 12.8 Å². The zero-order chi connectivity index (χ0) is 9.35. The number of aliphatic hydroxyl groups excluding tert-OH is 1. The highest BCUT2D eigenvalue weighted by molar-refractivity contribution is 7.15. The first-order valence-corrected chi connectivity index (χ1v) is 3.70. The summed E-state index contributed by atoms with van der Waals surface area (Å²) in [5.41, 5.74) is 4.64. The number of nitrogen functional groups attached to an aromatic ring is 1. The molecule has 1 rings (SSSR count). The van der Waals surface area contributed by atoms with Crippen molar-refractivity contribution in [3.05, 3.63) is 10.6 Å². The van der Waals surface area contributed by atoms with E-state index in [0.29, 0.717) is 11.3 Å². The van der Waals surface area contributed by atoms with Crippen LogP contribution in [0.15, 0.2) is 0 Å². The molecule has 0 saturated heterocycles. The van der Waals surface area contributed by atoms with E-state index in [9.17, 15) is 13.2 Å². The molecule has 1 heterocycles. The van der Waals surface area contributed by atoms with Crippen LogP contribution >= 0.6 is 11.3 Å². The number of nitrogens with two attached hydrogens (primary N) is 1. The van der Waals surface area contributed by atoms with Crippen LogP contribution in [0, 0.1) is 0 Å². The Bertz CT molecular complexity index is 283. The number of hydrogen-bond donors (Lipinski definition) is 2. The molecular weight excluding hydrogens is 193 g/mol. The summed E-state index contributed by atoms with van der Waals surface area (Å²) in [6.45, 7) is -0.747. The predicted molar refractivity (Wildman–Crippen MR) is 37.5 cm³/mol. The van der Waals surface area contributed by atoms with Gasteiger partial charge in [-0.25, -0.2) is 4.98 Å². The molecule has 0 atom stereocenters. The van der Waals surface area contributed by atoms with Gasteiger partial charge in [0.15, 0.2) is 5.13 Å². The zero-order valence-electron chi connectivity index (χ0n) is 5.72. The zero-order valence-corrected chi connectivity index (χ0v) is 6.54. The average molecular weight is 198 g/mol. The van der Waals surface area contributed by atoms with Gasteiger partial charge in [-0.05, 0) is 0 Å². The molecule has 0 aliphatic rings. The van der Waals surface area contributed by atoms with Crippen LogP contribution in [-0.4, -0.2) is 10.1 Å². The summed E-state index contributed by atoms with van der Waals surface area (Å²) < 4.78 is 36.2. The molecule has 0 saturated carbocycles. The highest BCUT2D eigenvalue weighted by Crippen LogP contribution is 2.37. The minimum absolute atomic E-state index is 0.189. The largest absolute Gasteiger partial charge is 0.427 e. The maximum atomic E-state index is 12.1. The van der Waals surface area contributed by atoms with E-state index in [0.717, 1.165) is 0 Å². The van der Waals surface area contributed by atoms with Crippen LogP contribution < -0.4 is 5.73 Å². The summed E-state index contributed by atoms with van der Waals surface area (Å²) in [5, 5.41) is 8.30. The molecule has 68 valence electrons. The third kappa shape index (κ3) is 1.67. The first-order valence-electron chi connectivity index (χ1n) is 2.88. The molecule has 0 unspecified atom stereocenters. The maximum Gasteiger partial charge on any atom is 0.427 e. The molecule has 0 spiro atoms. The third-order valence-electron chi connectivity index (χ3n) is 1.12. The Morgan fingerprint density at radius 1 is 1.50 bits per heavy atom. The summed E-state index contributed by atoms with van der Waals surface area (Å²) in [5.74, 6) is 0. The van der Waals surface area contributed by atoms with Gasteiger partial charge in [0.1, 0.15) is 4.88 Å². The van der Waals surface area contributed by atoms with E-state index in [2.05, 4.69) is 4.98 Å². The fourth-order valence-corrected chi connectivity index (χ4v) is 1.41. The number of alkyl halides is 3. The minimum atomic E-state index is -4.48. The second-order valence-corrected chi connectivity index (χ2v) is 3.01. The molecular formula is C5H5F3N2OS. The lowest BCUT2D eigenvalue weighted by Crippen LogP contribution is -2.05. The molecule has 0 aromatic carbocycles. The third-order valence-corrected chi connectivity index (χ3v) is 2.09. The van der Waals surface area contributed by atoms with Crippen LogP contribution in [0.5, 0.6) is 0 Å². The Morgan fingerprint density at radius 3 is 2.42 bits per heavy atom. The van der Waals surface area contributed by atoms with E-state index in [4.69, 9.17) is 10.8 Å². The number of anilines is 1. The number of thiazole rings is 1. The van der Waals surface area contributed by atoms with Crippen molar-refractivity contribution in [1.29, 1.82) is 0 Å². The number of hydrogen-bond acceptors (Lipinski definition) is 4. The number of nitrogens with zero attached hydrogens (tertiary/aromatic N) is 1. The molecule has 0 bridgehead atoms. The van der Waals surface area contributed by atoms with Crippen LogP contribution in [0.3, 0.4) is 0 Å². The topological polar surface area (TPSA) is 59.1 Å². The molecule has 0 fully saturated rings. The van der Waals surface area contributed by atoms with E-state index in [1.54, 1.807) is 0 Å². The second-order valence-electron chi connectivity index (χ2n) is 1.98. The van der Waals surface area contributed by atoms with E-state index in [-0.39, 0.29) is 5.13 Å². The molecule has 1 aromatic rings. The second kappa shape index (κ2) is 2.91. The number of aromatic nitrogens is 1. The van der Waals surface area contributed by atoms with Crippen molar-refractivity contribution in [3.8, 4) is 0 Å². The van der Waals surface area contributed by atoms with Gasteiger partial charge in [-0.3, -0.25) is 0 Å². The van der Waals surface area contributed by atoms with Gasteiger partial charge in [0.2, 0.25) is 0 Å². The van der Waals surface area contributed by atoms with Crippen molar-refractivity contribution in [3.63, 3.8) is 0 Å². The highest BCUT2D eigenvalue weighted by atomic mass is 32.1. The smallest absolute Gasteiger partial charge is 0.390 e. The molecule has 0 amide bonds. The molecule has 0 aliphatic carbocycles. The summed E-state index contributed by atoms with van der Waals surface area (Å²) in [6, 6.07) is 0. The Labute approximate surface area is 69.7 Å². The summed E-state index contributed by atoms with van der Waals surface area (Å²) in [7, 11) is 0. The molecule has 12 heavy (non-hydrogen) atoms. The number of rotatable bonds is 1. The van der Waals surface area contributed by atoms with E-state index >= 15 is 0 Å². The van der Waals surface area contributed by atoms with Crippen LogP contribution in [0.2, 0.25) is 0 Å². The normalized spacial score (nSPS) is 12.0. The fourth-order valence-electron chi connectivity index (χ4n) is 0.699. The van der Waals surface area contributed by atoms with E-state index in [1.165, 1.54) is 0 Å². The van der Waals surface area contributed by atoms with Crippen LogP contribution in [0.4, 0.5) is 18.3 Å². The molecule has 1 aromatic heterocycles. The van der Waals surface area contributed by atoms with E-state index < -0.39 is 23.4 Å².